The lowest BCUT2D eigenvalue weighted by Crippen LogP contribution is -2.48. The largest absolute Gasteiger partial charge is 0.325 e. The Morgan fingerprint density at radius 1 is 1.32 bits per heavy atom. The number of carbonyl (C=O) groups is 1. The maximum absolute atomic E-state index is 11.0. The van der Waals surface area contributed by atoms with Crippen molar-refractivity contribution < 1.29 is 4.79 Å². The topological polar surface area (TPSA) is 45.2 Å². The minimum atomic E-state index is -0.0539. The molecule has 0 aliphatic carbocycles. The van der Waals surface area contributed by atoms with Gasteiger partial charge >= 0.3 is 0 Å². The van der Waals surface area contributed by atoms with Crippen molar-refractivity contribution in [3.8, 4) is 0 Å². The second-order valence-electron chi connectivity index (χ2n) is 6.38. The molecule has 3 rings (SSSR count). The van der Waals surface area contributed by atoms with Crippen LogP contribution in [0.3, 0.4) is 0 Å². The fourth-order valence-corrected chi connectivity index (χ4v) is 4.77. The van der Waals surface area contributed by atoms with Gasteiger partial charge in [-0.3, -0.25) is 4.79 Å². The first kappa shape index (κ1) is 15.8. The highest BCUT2D eigenvalue weighted by Crippen LogP contribution is 2.34. The average molecular weight is 319 g/mol. The van der Waals surface area contributed by atoms with Crippen molar-refractivity contribution in [2.75, 3.05) is 24.2 Å². The Morgan fingerprint density at radius 2 is 2.18 bits per heavy atom. The van der Waals surface area contributed by atoms with Gasteiger partial charge in [-0.1, -0.05) is 6.42 Å². The molecule has 1 aromatic heterocycles. The van der Waals surface area contributed by atoms with E-state index in [1.165, 1.54) is 52.1 Å². The van der Waals surface area contributed by atoms with Crippen molar-refractivity contribution in [3.63, 3.8) is 0 Å². The number of aromatic nitrogens is 1. The molecule has 0 saturated carbocycles. The average Bonchev–Trinajstić information content (AvgIpc) is 2.54. The molecule has 22 heavy (non-hydrogen) atoms. The molecule has 5 heteroatoms. The standard InChI is InChI=1S/C17H25N3OS/c1-13(21)19-15-7-8-17(18-11-15)22-12-14-5-4-10-20-9-3-2-6-16(14)20/h7-8,11,14,16H,2-6,9-10,12H2,1H3,(H,19,21). The number of thioether (sulfide) groups is 1. The number of amides is 1. The van der Waals surface area contributed by atoms with Gasteiger partial charge in [0.25, 0.3) is 0 Å². The lowest BCUT2D eigenvalue weighted by molar-refractivity contribution is -0.114. The molecular formula is C17H25N3OS. The molecule has 2 fully saturated rings. The maximum Gasteiger partial charge on any atom is 0.221 e. The Kier molecular flexibility index (Phi) is 5.37. The predicted molar refractivity (Wildman–Crippen MR) is 91.2 cm³/mol. The van der Waals surface area contributed by atoms with E-state index < -0.39 is 0 Å². The molecule has 0 bridgehead atoms. The predicted octanol–water partition coefficient (Wildman–Crippen LogP) is 3.40. The van der Waals surface area contributed by atoms with Crippen LogP contribution in [0.2, 0.25) is 0 Å². The lowest BCUT2D eigenvalue weighted by Gasteiger charge is -2.44. The number of fused-ring (bicyclic) bond motifs is 1. The van der Waals surface area contributed by atoms with Gasteiger partial charge in [0.05, 0.1) is 16.9 Å². The minimum Gasteiger partial charge on any atom is -0.325 e. The summed E-state index contributed by atoms with van der Waals surface area (Å²) >= 11 is 1.86. The number of nitrogens with zero attached hydrogens (tertiary/aromatic N) is 2. The molecule has 0 radical (unpaired) electrons. The second-order valence-corrected chi connectivity index (χ2v) is 7.42. The summed E-state index contributed by atoms with van der Waals surface area (Å²) in [6, 6.07) is 4.75. The summed E-state index contributed by atoms with van der Waals surface area (Å²) < 4.78 is 0. The van der Waals surface area contributed by atoms with Crippen molar-refractivity contribution in [2.24, 2.45) is 5.92 Å². The monoisotopic (exact) mass is 319 g/mol. The molecule has 1 amide bonds. The third kappa shape index (κ3) is 4.02. The molecular weight excluding hydrogens is 294 g/mol. The first-order valence-electron chi connectivity index (χ1n) is 8.33. The number of anilines is 1. The number of nitrogens with one attached hydrogen (secondary N) is 1. The van der Waals surface area contributed by atoms with E-state index in [4.69, 9.17) is 0 Å². The fraction of sp³-hybridized carbons (Fsp3) is 0.647. The van der Waals surface area contributed by atoms with Crippen LogP contribution in [-0.4, -0.2) is 40.7 Å². The SMILES string of the molecule is CC(=O)Nc1ccc(SCC2CCCN3CCCCC23)nc1. The lowest BCUT2D eigenvalue weighted by atomic mass is 9.85. The van der Waals surface area contributed by atoms with Gasteiger partial charge in [-0.2, -0.15) is 0 Å². The van der Waals surface area contributed by atoms with Gasteiger partial charge in [0.2, 0.25) is 5.91 Å². The van der Waals surface area contributed by atoms with Gasteiger partial charge in [-0.05, 0) is 56.8 Å². The zero-order chi connectivity index (χ0) is 15.4. The Hall–Kier alpha value is -1.07. The van der Waals surface area contributed by atoms with E-state index in [1.54, 1.807) is 6.20 Å². The highest BCUT2D eigenvalue weighted by molar-refractivity contribution is 7.99. The normalized spacial score (nSPS) is 25.5. The van der Waals surface area contributed by atoms with Crippen LogP contribution in [0.25, 0.3) is 0 Å². The zero-order valence-electron chi connectivity index (χ0n) is 13.3. The van der Waals surface area contributed by atoms with Crippen LogP contribution in [0.15, 0.2) is 23.4 Å². The summed E-state index contributed by atoms with van der Waals surface area (Å²) in [5, 5.41) is 3.81. The van der Waals surface area contributed by atoms with E-state index in [0.29, 0.717) is 0 Å². The van der Waals surface area contributed by atoms with Gasteiger partial charge in [0.15, 0.2) is 0 Å². The Bertz CT molecular complexity index is 503. The summed E-state index contributed by atoms with van der Waals surface area (Å²) in [4.78, 5) is 18.2. The van der Waals surface area contributed by atoms with E-state index in [1.807, 2.05) is 23.9 Å². The van der Waals surface area contributed by atoms with Gasteiger partial charge in [-0.25, -0.2) is 4.98 Å². The number of rotatable bonds is 4. The van der Waals surface area contributed by atoms with Gasteiger partial charge < -0.3 is 10.2 Å². The van der Waals surface area contributed by atoms with Crippen LogP contribution >= 0.6 is 11.8 Å². The third-order valence-corrected chi connectivity index (χ3v) is 5.86. The zero-order valence-corrected chi connectivity index (χ0v) is 14.1. The molecule has 2 aliphatic rings. The van der Waals surface area contributed by atoms with Gasteiger partial charge in [0.1, 0.15) is 0 Å². The fourth-order valence-electron chi connectivity index (χ4n) is 3.71. The number of hydrogen-bond donors (Lipinski definition) is 1. The van der Waals surface area contributed by atoms with Crippen LogP contribution in [-0.2, 0) is 4.79 Å². The first-order chi connectivity index (χ1) is 10.7. The van der Waals surface area contributed by atoms with Gasteiger partial charge in [-0.15, -0.1) is 11.8 Å². The number of piperidine rings is 2. The molecule has 2 unspecified atom stereocenters. The van der Waals surface area contributed by atoms with Crippen molar-refractivity contribution in [2.45, 2.75) is 50.1 Å². The molecule has 3 heterocycles. The van der Waals surface area contributed by atoms with E-state index in [-0.39, 0.29) is 5.91 Å². The highest BCUT2D eigenvalue weighted by Gasteiger charge is 2.32. The molecule has 0 aromatic carbocycles. The second kappa shape index (κ2) is 7.47. The molecule has 2 atom stereocenters. The van der Waals surface area contributed by atoms with Crippen molar-refractivity contribution in [3.05, 3.63) is 18.3 Å². The quantitative estimate of drug-likeness (QED) is 0.864. The molecule has 4 nitrogen and oxygen atoms in total. The summed E-state index contributed by atoms with van der Waals surface area (Å²) in [6.45, 7) is 4.12. The molecule has 120 valence electrons. The first-order valence-corrected chi connectivity index (χ1v) is 9.31. The van der Waals surface area contributed by atoms with E-state index in [0.717, 1.165) is 28.4 Å². The highest BCUT2D eigenvalue weighted by atomic mass is 32.2. The maximum atomic E-state index is 11.0. The number of pyridine rings is 1. The van der Waals surface area contributed by atoms with Crippen LogP contribution in [0, 0.1) is 5.92 Å². The molecule has 2 aliphatic heterocycles. The van der Waals surface area contributed by atoms with E-state index >= 15 is 0 Å². The summed E-state index contributed by atoms with van der Waals surface area (Å²) in [6.07, 6.45) is 8.60. The Labute approximate surface area is 137 Å². The van der Waals surface area contributed by atoms with Crippen LogP contribution < -0.4 is 5.32 Å². The minimum absolute atomic E-state index is 0.0539. The van der Waals surface area contributed by atoms with E-state index in [2.05, 4.69) is 15.2 Å². The van der Waals surface area contributed by atoms with Crippen LogP contribution in [0.5, 0.6) is 0 Å². The summed E-state index contributed by atoms with van der Waals surface area (Å²) in [5.74, 6) is 1.91. The molecule has 0 spiro atoms. The smallest absolute Gasteiger partial charge is 0.221 e. The van der Waals surface area contributed by atoms with Crippen LogP contribution in [0.4, 0.5) is 5.69 Å². The Balaban J connectivity index is 1.54. The van der Waals surface area contributed by atoms with Crippen molar-refractivity contribution in [1.82, 2.24) is 9.88 Å². The summed E-state index contributed by atoms with van der Waals surface area (Å²) in [5.41, 5.74) is 0.771. The molecule has 1 aromatic rings. The van der Waals surface area contributed by atoms with Crippen molar-refractivity contribution in [1.29, 1.82) is 0 Å². The number of carbonyl (C=O) groups excluding carboxylic acids is 1. The van der Waals surface area contributed by atoms with E-state index in [9.17, 15) is 4.79 Å². The van der Waals surface area contributed by atoms with Gasteiger partial charge in [0, 0.05) is 18.7 Å². The molecule has 1 N–H and O–H groups in total. The molecule has 2 saturated heterocycles. The Morgan fingerprint density at radius 3 is 2.95 bits per heavy atom. The van der Waals surface area contributed by atoms with Crippen molar-refractivity contribution >= 4 is 23.4 Å². The summed E-state index contributed by atoms with van der Waals surface area (Å²) in [7, 11) is 0. The number of hydrogen-bond acceptors (Lipinski definition) is 4. The van der Waals surface area contributed by atoms with Crippen LogP contribution in [0.1, 0.15) is 39.0 Å². The third-order valence-electron chi connectivity index (χ3n) is 4.73.